The molecule has 3 aromatic carbocycles. The lowest BCUT2D eigenvalue weighted by Gasteiger charge is -2.09. The van der Waals surface area contributed by atoms with Crippen LogP contribution < -0.4 is 14.9 Å². The van der Waals surface area contributed by atoms with Gasteiger partial charge in [-0.05, 0) is 55.0 Å². The molecule has 0 aliphatic carbocycles. The highest BCUT2D eigenvalue weighted by atomic mass is 35.5. The number of ether oxygens (including phenoxy) is 2. The molecule has 1 aromatic heterocycles. The van der Waals surface area contributed by atoms with Crippen molar-refractivity contribution in [1.29, 1.82) is 0 Å². The first kappa shape index (κ1) is 21.5. The van der Waals surface area contributed by atoms with Crippen LogP contribution in [0.3, 0.4) is 0 Å². The number of hydrogen-bond acceptors (Lipinski definition) is 5. The van der Waals surface area contributed by atoms with Gasteiger partial charge in [0.1, 0.15) is 5.69 Å². The van der Waals surface area contributed by atoms with E-state index in [4.69, 9.17) is 26.2 Å². The lowest BCUT2D eigenvalue weighted by Crippen LogP contribution is -1.95. The summed E-state index contributed by atoms with van der Waals surface area (Å²) in [5.74, 6) is 1.29. The molecule has 0 fully saturated rings. The van der Waals surface area contributed by atoms with Crippen molar-refractivity contribution in [3.8, 4) is 28.4 Å². The van der Waals surface area contributed by atoms with Gasteiger partial charge in [-0.15, -0.1) is 0 Å². The van der Waals surface area contributed by atoms with E-state index in [1.54, 1.807) is 20.4 Å². The third-order valence-corrected chi connectivity index (χ3v) is 5.40. The lowest BCUT2D eigenvalue weighted by atomic mass is 10.1. The maximum atomic E-state index is 6.21. The number of halogens is 1. The van der Waals surface area contributed by atoms with Crippen molar-refractivity contribution in [3.63, 3.8) is 0 Å². The standard InChI is InChI=1S/C25H23ClN4O2/c1-17-9-11-20(14-22(17)26)28-27-15-19-16-30(21-7-5-4-6-8-21)29-25(19)18-10-12-23(31-2)24(13-18)32-3/h4-16,28H,1-3H3/b27-15-. The molecule has 0 saturated heterocycles. The number of nitrogens with one attached hydrogen (secondary N) is 1. The summed E-state index contributed by atoms with van der Waals surface area (Å²) in [6.45, 7) is 1.96. The Bertz CT molecular complexity index is 1250. The maximum Gasteiger partial charge on any atom is 0.161 e. The topological polar surface area (TPSA) is 60.7 Å². The van der Waals surface area contributed by atoms with Gasteiger partial charge in [-0.25, -0.2) is 4.68 Å². The molecule has 7 heteroatoms. The minimum Gasteiger partial charge on any atom is -0.493 e. The monoisotopic (exact) mass is 446 g/mol. The van der Waals surface area contributed by atoms with Crippen molar-refractivity contribution in [1.82, 2.24) is 9.78 Å². The van der Waals surface area contributed by atoms with Gasteiger partial charge in [0.2, 0.25) is 0 Å². The quantitative estimate of drug-likeness (QED) is 0.281. The van der Waals surface area contributed by atoms with E-state index in [9.17, 15) is 0 Å². The fraction of sp³-hybridized carbons (Fsp3) is 0.120. The molecule has 0 radical (unpaired) electrons. The third-order valence-electron chi connectivity index (χ3n) is 4.99. The molecular formula is C25H23ClN4O2. The molecule has 1 N–H and O–H groups in total. The van der Waals surface area contributed by atoms with Gasteiger partial charge in [-0.1, -0.05) is 35.9 Å². The predicted molar refractivity (Wildman–Crippen MR) is 130 cm³/mol. The van der Waals surface area contributed by atoms with Gasteiger partial charge in [-0.3, -0.25) is 5.43 Å². The molecule has 4 aromatic rings. The number of hydrazone groups is 1. The summed E-state index contributed by atoms with van der Waals surface area (Å²) < 4.78 is 12.7. The van der Waals surface area contributed by atoms with E-state index in [1.165, 1.54) is 0 Å². The second kappa shape index (κ2) is 9.58. The van der Waals surface area contributed by atoms with Gasteiger partial charge >= 0.3 is 0 Å². The predicted octanol–water partition coefficient (Wildman–Crippen LogP) is 5.96. The van der Waals surface area contributed by atoms with Crippen LogP contribution in [0.15, 0.2) is 78.0 Å². The van der Waals surface area contributed by atoms with Gasteiger partial charge in [0.05, 0.1) is 31.8 Å². The molecule has 32 heavy (non-hydrogen) atoms. The lowest BCUT2D eigenvalue weighted by molar-refractivity contribution is 0.355. The summed E-state index contributed by atoms with van der Waals surface area (Å²) in [5.41, 5.74) is 8.30. The van der Waals surface area contributed by atoms with Crippen molar-refractivity contribution in [3.05, 3.63) is 89.1 Å². The summed E-state index contributed by atoms with van der Waals surface area (Å²) in [7, 11) is 3.23. The number of aromatic nitrogens is 2. The average Bonchev–Trinajstić information content (AvgIpc) is 3.25. The molecule has 162 valence electrons. The molecule has 4 rings (SSSR count). The van der Waals surface area contributed by atoms with Crippen molar-refractivity contribution >= 4 is 23.5 Å². The zero-order valence-electron chi connectivity index (χ0n) is 18.0. The van der Waals surface area contributed by atoms with E-state index >= 15 is 0 Å². The van der Waals surface area contributed by atoms with Gasteiger partial charge in [0.25, 0.3) is 0 Å². The van der Waals surface area contributed by atoms with Crippen LogP contribution in [0.25, 0.3) is 16.9 Å². The second-order valence-corrected chi connectivity index (χ2v) is 7.52. The zero-order chi connectivity index (χ0) is 22.5. The van der Waals surface area contributed by atoms with Crippen LogP contribution in [0.4, 0.5) is 5.69 Å². The van der Waals surface area contributed by atoms with E-state index in [-0.39, 0.29) is 0 Å². The summed E-state index contributed by atoms with van der Waals surface area (Å²) in [4.78, 5) is 0. The minimum absolute atomic E-state index is 0.634. The van der Waals surface area contributed by atoms with Crippen molar-refractivity contribution < 1.29 is 9.47 Å². The molecule has 0 unspecified atom stereocenters. The van der Waals surface area contributed by atoms with Crippen LogP contribution in [0.2, 0.25) is 5.02 Å². The molecule has 0 atom stereocenters. The summed E-state index contributed by atoms with van der Waals surface area (Å²) in [6, 6.07) is 21.4. The normalized spacial score (nSPS) is 11.0. The average molecular weight is 447 g/mol. The number of methoxy groups -OCH3 is 2. The Labute approximate surface area is 192 Å². The number of hydrogen-bond donors (Lipinski definition) is 1. The highest BCUT2D eigenvalue weighted by Gasteiger charge is 2.14. The Morgan fingerprint density at radius 2 is 1.75 bits per heavy atom. The van der Waals surface area contributed by atoms with Gasteiger partial charge in [-0.2, -0.15) is 10.2 Å². The van der Waals surface area contributed by atoms with Crippen LogP contribution in [0.1, 0.15) is 11.1 Å². The molecule has 1 heterocycles. The van der Waals surface area contributed by atoms with Gasteiger partial charge < -0.3 is 9.47 Å². The first-order valence-corrected chi connectivity index (χ1v) is 10.4. The summed E-state index contributed by atoms with van der Waals surface area (Å²) >= 11 is 6.21. The zero-order valence-corrected chi connectivity index (χ0v) is 18.8. The fourth-order valence-electron chi connectivity index (χ4n) is 3.24. The molecule has 0 aliphatic heterocycles. The smallest absolute Gasteiger partial charge is 0.161 e. The van der Waals surface area contributed by atoms with E-state index in [0.717, 1.165) is 33.8 Å². The maximum absolute atomic E-state index is 6.21. The van der Waals surface area contributed by atoms with Crippen molar-refractivity contribution in [2.45, 2.75) is 6.92 Å². The largest absolute Gasteiger partial charge is 0.493 e. The Morgan fingerprint density at radius 1 is 0.969 bits per heavy atom. The summed E-state index contributed by atoms with van der Waals surface area (Å²) in [5, 5.41) is 9.91. The number of para-hydroxylation sites is 1. The molecule has 0 aliphatic rings. The first-order chi connectivity index (χ1) is 15.6. The van der Waals surface area contributed by atoms with Crippen molar-refractivity contribution in [2.75, 3.05) is 19.6 Å². The third kappa shape index (κ3) is 4.60. The highest BCUT2D eigenvalue weighted by Crippen LogP contribution is 2.33. The number of anilines is 1. The van der Waals surface area contributed by atoms with Crippen LogP contribution >= 0.6 is 11.6 Å². The molecular weight excluding hydrogens is 424 g/mol. The van der Waals surface area contributed by atoms with E-state index < -0.39 is 0 Å². The Balaban J connectivity index is 1.71. The van der Waals surface area contributed by atoms with Crippen LogP contribution in [0, 0.1) is 6.92 Å². The van der Waals surface area contributed by atoms with E-state index in [0.29, 0.717) is 16.5 Å². The second-order valence-electron chi connectivity index (χ2n) is 7.12. The number of nitrogens with zero attached hydrogens (tertiary/aromatic N) is 3. The van der Waals surface area contributed by atoms with Crippen LogP contribution in [-0.2, 0) is 0 Å². The summed E-state index contributed by atoms with van der Waals surface area (Å²) in [6.07, 6.45) is 3.68. The van der Waals surface area contributed by atoms with E-state index in [2.05, 4.69) is 10.5 Å². The van der Waals surface area contributed by atoms with Crippen LogP contribution in [0.5, 0.6) is 11.5 Å². The molecule has 0 bridgehead atoms. The highest BCUT2D eigenvalue weighted by molar-refractivity contribution is 6.31. The SMILES string of the molecule is COc1ccc(-c2nn(-c3ccccc3)cc2/C=N\Nc2ccc(C)c(Cl)c2)cc1OC. The van der Waals surface area contributed by atoms with Gasteiger partial charge in [0.15, 0.2) is 11.5 Å². The molecule has 0 spiro atoms. The Hall–Kier alpha value is -3.77. The number of benzene rings is 3. The Kier molecular flexibility index (Phi) is 6.42. The van der Waals surface area contributed by atoms with E-state index in [1.807, 2.05) is 84.5 Å². The fourth-order valence-corrected chi connectivity index (χ4v) is 3.42. The molecule has 0 saturated carbocycles. The van der Waals surface area contributed by atoms with Gasteiger partial charge in [0, 0.05) is 22.3 Å². The molecule has 0 amide bonds. The first-order valence-electron chi connectivity index (χ1n) is 10.0. The number of aryl methyl sites for hydroxylation is 1. The van der Waals surface area contributed by atoms with Crippen molar-refractivity contribution in [2.24, 2.45) is 5.10 Å². The minimum atomic E-state index is 0.634. The number of rotatable bonds is 7. The van der Waals surface area contributed by atoms with Crippen LogP contribution in [-0.4, -0.2) is 30.2 Å². The Morgan fingerprint density at radius 3 is 2.47 bits per heavy atom. The molecule has 6 nitrogen and oxygen atoms in total.